The van der Waals surface area contributed by atoms with Crippen LogP contribution in [-0.4, -0.2) is 11.0 Å². The summed E-state index contributed by atoms with van der Waals surface area (Å²) in [6.45, 7) is 4.14. The molecule has 1 N–H and O–H groups in total. The summed E-state index contributed by atoms with van der Waals surface area (Å²) in [7, 11) is 0. The van der Waals surface area contributed by atoms with Crippen molar-refractivity contribution < 1.29 is 9.53 Å². The van der Waals surface area contributed by atoms with Crippen molar-refractivity contribution in [3.8, 4) is 0 Å². The predicted octanol–water partition coefficient (Wildman–Crippen LogP) is 4.92. The molecule has 0 spiro atoms. The number of rotatable bonds is 5. The van der Waals surface area contributed by atoms with E-state index in [1.807, 2.05) is 48.0 Å². The fraction of sp³-hybridized carbons (Fsp3) is 0.176. The second-order valence-corrected chi connectivity index (χ2v) is 6.92. The van der Waals surface area contributed by atoms with Crippen LogP contribution in [0.25, 0.3) is 0 Å². The predicted molar refractivity (Wildman–Crippen MR) is 94.8 cm³/mol. The minimum absolute atomic E-state index is 0.183. The number of nitrogens with zero attached hydrogens (tertiary/aromatic N) is 1. The van der Waals surface area contributed by atoms with E-state index in [2.05, 4.69) is 17.2 Å². The first-order chi connectivity index (χ1) is 11.1. The number of anilines is 2. The Balaban J connectivity index is 1.58. The fourth-order valence-corrected chi connectivity index (χ4v) is 3.51. The van der Waals surface area contributed by atoms with E-state index in [0.717, 1.165) is 22.1 Å². The third-order valence-electron chi connectivity index (χ3n) is 3.25. The molecule has 0 atom stereocenters. The third-order valence-corrected chi connectivity index (χ3v) is 5.06. The van der Waals surface area contributed by atoms with Crippen molar-refractivity contribution in [2.75, 3.05) is 5.32 Å². The number of esters is 1. The second kappa shape index (κ2) is 6.93. The van der Waals surface area contributed by atoms with Crippen molar-refractivity contribution in [2.24, 2.45) is 0 Å². The van der Waals surface area contributed by atoms with E-state index < -0.39 is 0 Å². The van der Waals surface area contributed by atoms with Crippen LogP contribution in [0.2, 0.25) is 0 Å². The van der Waals surface area contributed by atoms with Crippen molar-refractivity contribution >= 4 is 39.5 Å². The standard InChI is InChI=1S/C17H16N2O2S2/c1-11-3-5-13(6-4-11)18-17-19-14(10-23-17)9-21-16(20)15-12(2)7-8-22-15/h3-8,10H,9H2,1-2H3,(H,18,19). The van der Waals surface area contributed by atoms with Crippen molar-refractivity contribution in [2.45, 2.75) is 20.5 Å². The van der Waals surface area contributed by atoms with Gasteiger partial charge in [-0.1, -0.05) is 17.7 Å². The highest BCUT2D eigenvalue weighted by Gasteiger charge is 2.13. The molecule has 0 aliphatic rings. The number of ether oxygens (including phenoxy) is 1. The van der Waals surface area contributed by atoms with E-state index >= 15 is 0 Å². The Morgan fingerprint density at radius 3 is 2.65 bits per heavy atom. The maximum absolute atomic E-state index is 12.0. The van der Waals surface area contributed by atoms with Gasteiger partial charge in [0.1, 0.15) is 11.5 Å². The van der Waals surface area contributed by atoms with Gasteiger partial charge in [-0.25, -0.2) is 9.78 Å². The molecule has 0 saturated heterocycles. The van der Waals surface area contributed by atoms with Gasteiger partial charge in [0, 0.05) is 11.1 Å². The molecular weight excluding hydrogens is 328 g/mol. The average Bonchev–Trinajstić information content (AvgIpc) is 3.16. The number of aryl methyl sites for hydroxylation is 2. The zero-order valence-electron chi connectivity index (χ0n) is 12.8. The Morgan fingerprint density at radius 1 is 1.17 bits per heavy atom. The van der Waals surface area contributed by atoms with Crippen LogP contribution in [0.15, 0.2) is 41.1 Å². The highest BCUT2D eigenvalue weighted by atomic mass is 32.1. The smallest absolute Gasteiger partial charge is 0.348 e. The zero-order valence-corrected chi connectivity index (χ0v) is 14.5. The molecule has 0 aliphatic heterocycles. The van der Waals surface area contributed by atoms with Gasteiger partial charge in [0.2, 0.25) is 0 Å². The maximum Gasteiger partial charge on any atom is 0.348 e. The molecule has 3 rings (SSSR count). The van der Waals surface area contributed by atoms with Crippen molar-refractivity contribution in [3.63, 3.8) is 0 Å². The number of benzene rings is 1. The number of thiazole rings is 1. The van der Waals surface area contributed by atoms with Gasteiger partial charge in [-0.05, 0) is 43.0 Å². The van der Waals surface area contributed by atoms with Crippen LogP contribution in [0.3, 0.4) is 0 Å². The Labute approximate surface area is 142 Å². The summed E-state index contributed by atoms with van der Waals surface area (Å²) >= 11 is 2.89. The second-order valence-electron chi connectivity index (χ2n) is 5.14. The van der Waals surface area contributed by atoms with Crippen LogP contribution in [0.5, 0.6) is 0 Å². The molecule has 118 valence electrons. The maximum atomic E-state index is 12.0. The van der Waals surface area contributed by atoms with Gasteiger partial charge in [0.05, 0.1) is 5.69 Å². The largest absolute Gasteiger partial charge is 0.455 e. The van der Waals surface area contributed by atoms with E-state index in [9.17, 15) is 4.79 Å². The highest BCUT2D eigenvalue weighted by molar-refractivity contribution is 7.13. The molecule has 0 aliphatic carbocycles. The average molecular weight is 344 g/mol. The number of hydrogen-bond donors (Lipinski definition) is 1. The summed E-state index contributed by atoms with van der Waals surface area (Å²) < 4.78 is 5.32. The Hall–Kier alpha value is -2.18. The van der Waals surface area contributed by atoms with Crippen LogP contribution >= 0.6 is 22.7 Å². The van der Waals surface area contributed by atoms with Gasteiger partial charge >= 0.3 is 5.97 Å². The lowest BCUT2D eigenvalue weighted by molar-refractivity contribution is 0.0473. The van der Waals surface area contributed by atoms with Gasteiger partial charge < -0.3 is 10.1 Å². The molecule has 2 aromatic heterocycles. The zero-order chi connectivity index (χ0) is 16.2. The molecule has 0 saturated carbocycles. The Kier molecular flexibility index (Phi) is 4.73. The van der Waals surface area contributed by atoms with Crippen molar-refractivity contribution in [1.82, 2.24) is 4.98 Å². The van der Waals surface area contributed by atoms with Gasteiger partial charge in [0.25, 0.3) is 0 Å². The minimum Gasteiger partial charge on any atom is -0.455 e. The summed E-state index contributed by atoms with van der Waals surface area (Å²) in [5.74, 6) is -0.293. The monoisotopic (exact) mass is 344 g/mol. The lowest BCUT2D eigenvalue weighted by atomic mass is 10.2. The van der Waals surface area contributed by atoms with Crippen molar-refractivity contribution in [1.29, 1.82) is 0 Å². The topological polar surface area (TPSA) is 51.2 Å². The van der Waals surface area contributed by atoms with E-state index in [1.54, 1.807) is 0 Å². The molecule has 6 heteroatoms. The van der Waals surface area contributed by atoms with Gasteiger partial charge in [-0.15, -0.1) is 22.7 Å². The number of carbonyl (C=O) groups is 1. The summed E-state index contributed by atoms with van der Waals surface area (Å²) in [6.07, 6.45) is 0. The quantitative estimate of drug-likeness (QED) is 0.667. The third kappa shape index (κ3) is 3.97. The van der Waals surface area contributed by atoms with Crippen LogP contribution in [-0.2, 0) is 11.3 Å². The van der Waals surface area contributed by atoms with Crippen LogP contribution in [0.4, 0.5) is 10.8 Å². The normalized spacial score (nSPS) is 10.5. The first-order valence-electron chi connectivity index (χ1n) is 7.11. The molecule has 23 heavy (non-hydrogen) atoms. The molecule has 0 amide bonds. The molecule has 3 aromatic rings. The SMILES string of the molecule is Cc1ccc(Nc2nc(COC(=O)c3sccc3C)cs2)cc1. The van der Waals surface area contributed by atoms with Crippen LogP contribution in [0, 0.1) is 13.8 Å². The molecule has 0 bridgehead atoms. The molecule has 0 fully saturated rings. The highest BCUT2D eigenvalue weighted by Crippen LogP contribution is 2.22. The van der Waals surface area contributed by atoms with Crippen LogP contribution in [0.1, 0.15) is 26.5 Å². The van der Waals surface area contributed by atoms with Gasteiger partial charge in [-0.2, -0.15) is 0 Å². The lowest BCUT2D eigenvalue weighted by Gasteiger charge is -2.03. The molecule has 4 nitrogen and oxygen atoms in total. The molecule has 1 aromatic carbocycles. The number of hydrogen-bond acceptors (Lipinski definition) is 6. The summed E-state index contributed by atoms with van der Waals surface area (Å²) in [4.78, 5) is 17.1. The van der Waals surface area contributed by atoms with Crippen LogP contribution < -0.4 is 5.32 Å². The minimum atomic E-state index is -0.293. The first-order valence-corrected chi connectivity index (χ1v) is 8.87. The summed E-state index contributed by atoms with van der Waals surface area (Å²) in [5, 5.41) is 7.81. The van der Waals surface area contributed by atoms with Gasteiger partial charge in [-0.3, -0.25) is 0 Å². The first kappa shape index (κ1) is 15.7. The molecular formula is C17H16N2O2S2. The van der Waals surface area contributed by atoms with E-state index in [1.165, 1.54) is 28.2 Å². The Bertz CT molecular complexity index is 806. The van der Waals surface area contributed by atoms with E-state index in [4.69, 9.17) is 4.74 Å². The lowest BCUT2D eigenvalue weighted by Crippen LogP contribution is -2.04. The summed E-state index contributed by atoms with van der Waals surface area (Å²) in [5.41, 5.74) is 3.89. The number of carbonyl (C=O) groups excluding carboxylic acids is 1. The Morgan fingerprint density at radius 2 is 1.96 bits per heavy atom. The van der Waals surface area contributed by atoms with Crippen molar-refractivity contribution in [3.05, 3.63) is 62.8 Å². The molecule has 2 heterocycles. The van der Waals surface area contributed by atoms with E-state index in [0.29, 0.717) is 4.88 Å². The van der Waals surface area contributed by atoms with Gasteiger partial charge in [0.15, 0.2) is 5.13 Å². The summed E-state index contributed by atoms with van der Waals surface area (Å²) in [6, 6.07) is 10.0. The fourth-order valence-electron chi connectivity index (χ4n) is 1.98. The molecule has 0 radical (unpaired) electrons. The number of aromatic nitrogens is 1. The number of thiophene rings is 1. The molecule has 0 unspecified atom stereocenters. The number of nitrogens with one attached hydrogen (secondary N) is 1. The van der Waals surface area contributed by atoms with E-state index in [-0.39, 0.29) is 12.6 Å².